The average molecular weight is 292 g/mol. The van der Waals surface area contributed by atoms with Gasteiger partial charge in [0.1, 0.15) is 5.75 Å². The summed E-state index contributed by atoms with van der Waals surface area (Å²) in [7, 11) is 1.54. The fourth-order valence-electron chi connectivity index (χ4n) is 1.63. The van der Waals surface area contributed by atoms with E-state index in [1.807, 2.05) is 4.90 Å². The summed E-state index contributed by atoms with van der Waals surface area (Å²) in [6.07, 6.45) is 0. The number of alkyl halides is 2. The summed E-state index contributed by atoms with van der Waals surface area (Å²) in [4.78, 5) is 12.9. The highest BCUT2D eigenvalue weighted by atomic mass is 35.5. The van der Waals surface area contributed by atoms with Gasteiger partial charge in [-0.2, -0.15) is 0 Å². The van der Waals surface area contributed by atoms with E-state index in [1.54, 1.807) is 19.2 Å². The normalized spacial score (nSPS) is 10.2. The van der Waals surface area contributed by atoms with Gasteiger partial charge in [-0.25, -0.2) is 4.79 Å². The maximum absolute atomic E-state index is 11.0. The van der Waals surface area contributed by atoms with Crippen molar-refractivity contribution in [2.45, 2.75) is 0 Å². The molecular weight excluding hydrogens is 277 g/mol. The van der Waals surface area contributed by atoms with Crippen molar-refractivity contribution in [3.8, 4) is 5.75 Å². The van der Waals surface area contributed by atoms with Gasteiger partial charge in [-0.05, 0) is 18.2 Å². The lowest BCUT2D eigenvalue weighted by molar-refractivity contribution is 0.0697. The molecule has 4 nitrogen and oxygen atoms in total. The Hall–Kier alpha value is -1.13. The van der Waals surface area contributed by atoms with Crippen LogP contribution in [0.5, 0.6) is 5.75 Å². The highest BCUT2D eigenvalue weighted by molar-refractivity contribution is 6.18. The highest BCUT2D eigenvalue weighted by Crippen LogP contribution is 2.29. The third-order valence-corrected chi connectivity index (χ3v) is 2.81. The monoisotopic (exact) mass is 291 g/mol. The largest absolute Gasteiger partial charge is 0.495 e. The molecule has 0 saturated carbocycles. The lowest BCUT2D eigenvalue weighted by Crippen LogP contribution is -2.28. The molecule has 0 radical (unpaired) electrons. The summed E-state index contributed by atoms with van der Waals surface area (Å²) in [6, 6.07) is 4.71. The van der Waals surface area contributed by atoms with Crippen LogP contribution in [0.2, 0.25) is 0 Å². The Balaban J connectivity index is 3.14. The molecule has 0 aliphatic carbocycles. The standard InChI is InChI=1S/C12H15Cl2NO3/c1-18-11-3-2-9(12(16)17)8-10(11)15(6-4-13)7-5-14/h2-3,8H,4-7H2,1H3,(H,16,17). The number of halogens is 2. The molecule has 1 aromatic rings. The van der Waals surface area contributed by atoms with Crippen LogP contribution in [0.15, 0.2) is 18.2 Å². The number of carbonyl (C=O) groups is 1. The molecule has 0 aromatic heterocycles. The van der Waals surface area contributed by atoms with E-state index in [2.05, 4.69) is 0 Å². The maximum Gasteiger partial charge on any atom is 0.335 e. The van der Waals surface area contributed by atoms with Crippen molar-refractivity contribution in [3.63, 3.8) is 0 Å². The van der Waals surface area contributed by atoms with Gasteiger partial charge in [-0.1, -0.05) is 0 Å². The molecule has 0 aliphatic heterocycles. The molecular formula is C12H15Cl2NO3. The van der Waals surface area contributed by atoms with Crippen molar-refractivity contribution >= 4 is 34.9 Å². The Morgan fingerprint density at radius 3 is 2.39 bits per heavy atom. The SMILES string of the molecule is COc1ccc(C(=O)O)cc1N(CCCl)CCCl. The Labute approximate surface area is 116 Å². The van der Waals surface area contributed by atoms with Crippen LogP contribution >= 0.6 is 23.2 Å². The van der Waals surface area contributed by atoms with E-state index in [0.717, 1.165) is 0 Å². The number of aromatic carboxylic acids is 1. The molecule has 0 amide bonds. The summed E-state index contributed by atoms with van der Waals surface area (Å²) in [6.45, 7) is 1.15. The van der Waals surface area contributed by atoms with Crippen molar-refractivity contribution in [3.05, 3.63) is 23.8 Å². The number of anilines is 1. The van der Waals surface area contributed by atoms with Crippen LogP contribution in [0.4, 0.5) is 5.69 Å². The van der Waals surface area contributed by atoms with E-state index in [1.165, 1.54) is 6.07 Å². The zero-order chi connectivity index (χ0) is 13.5. The fourth-order valence-corrected chi connectivity index (χ4v) is 2.03. The summed E-state index contributed by atoms with van der Waals surface area (Å²) in [5, 5.41) is 9.00. The van der Waals surface area contributed by atoms with Crippen LogP contribution < -0.4 is 9.64 Å². The minimum Gasteiger partial charge on any atom is -0.495 e. The predicted octanol–water partition coefficient (Wildman–Crippen LogP) is 2.68. The van der Waals surface area contributed by atoms with Crippen LogP contribution in [0.25, 0.3) is 0 Å². The first-order chi connectivity index (χ1) is 8.63. The Kier molecular flexibility index (Phi) is 6.09. The second kappa shape index (κ2) is 7.34. The molecule has 6 heteroatoms. The molecule has 0 fully saturated rings. The van der Waals surface area contributed by atoms with E-state index < -0.39 is 5.97 Å². The Bertz CT molecular complexity index is 406. The summed E-state index contributed by atoms with van der Waals surface area (Å²) in [5.74, 6) is 0.486. The van der Waals surface area contributed by atoms with Crippen LogP contribution in [0.1, 0.15) is 10.4 Å². The topological polar surface area (TPSA) is 49.8 Å². The van der Waals surface area contributed by atoms with Gasteiger partial charge in [0.05, 0.1) is 18.4 Å². The number of carboxylic acid groups (broad SMARTS) is 1. The number of methoxy groups -OCH3 is 1. The van der Waals surface area contributed by atoms with Gasteiger partial charge in [0.25, 0.3) is 0 Å². The smallest absolute Gasteiger partial charge is 0.335 e. The molecule has 0 atom stereocenters. The number of hydrogen-bond donors (Lipinski definition) is 1. The van der Waals surface area contributed by atoms with Gasteiger partial charge in [0.2, 0.25) is 0 Å². The first-order valence-electron chi connectivity index (χ1n) is 5.42. The molecule has 0 spiro atoms. The summed E-state index contributed by atoms with van der Waals surface area (Å²) < 4.78 is 5.23. The molecule has 100 valence electrons. The van der Waals surface area contributed by atoms with E-state index in [-0.39, 0.29) is 5.56 Å². The second-order valence-corrected chi connectivity index (χ2v) is 4.31. The maximum atomic E-state index is 11.0. The van der Waals surface area contributed by atoms with Crippen molar-refractivity contribution < 1.29 is 14.6 Å². The first kappa shape index (κ1) is 14.9. The van der Waals surface area contributed by atoms with Gasteiger partial charge in [0.15, 0.2) is 0 Å². The zero-order valence-corrected chi connectivity index (χ0v) is 11.5. The molecule has 1 N–H and O–H groups in total. The highest BCUT2D eigenvalue weighted by Gasteiger charge is 2.14. The Morgan fingerprint density at radius 1 is 1.33 bits per heavy atom. The first-order valence-corrected chi connectivity index (χ1v) is 6.49. The number of nitrogens with zero attached hydrogens (tertiary/aromatic N) is 1. The number of carboxylic acids is 1. The van der Waals surface area contributed by atoms with Crippen LogP contribution in [0.3, 0.4) is 0 Å². The zero-order valence-electron chi connectivity index (χ0n) is 10.0. The van der Waals surface area contributed by atoms with Gasteiger partial charge >= 0.3 is 5.97 Å². The molecule has 18 heavy (non-hydrogen) atoms. The Morgan fingerprint density at radius 2 is 1.94 bits per heavy atom. The molecule has 0 bridgehead atoms. The van der Waals surface area contributed by atoms with Gasteiger partial charge in [-0.3, -0.25) is 0 Å². The predicted molar refractivity (Wildman–Crippen MR) is 73.6 cm³/mol. The minimum absolute atomic E-state index is 0.208. The molecule has 0 aliphatic rings. The average Bonchev–Trinajstić information content (AvgIpc) is 2.37. The second-order valence-electron chi connectivity index (χ2n) is 3.56. The third kappa shape index (κ3) is 3.68. The van der Waals surface area contributed by atoms with E-state index >= 15 is 0 Å². The van der Waals surface area contributed by atoms with Gasteiger partial charge in [-0.15, -0.1) is 23.2 Å². The molecule has 0 heterocycles. The van der Waals surface area contributed by atoms with Crippen LogP contribution in [0, 0.1) is 0 Å². The number of ether oxygens (including phenoxy) is 1. The number of hydrogen-bond acceptors (Lipinski definition) is 3. The van der Waals surface area contributed by atoms with E-state index in [9.17, 15) is 4.79 Å². The van der Waals surface area contributed by atoms with Gasteiger partial charge in [0, 0.05) is 24.8 Å². The summed E-state index contributed by atoms with van der Waals surface area (Å²) in [5.41, 5.74) is 0.902. The van der Waals surface area contributed by atoms with Crippen molar-refractivity contribution in [2.75, 3.05) is 36.9 Å². The van der Waals surface area contributed by atoms with Gasteiger partial charge < -0.3 is 14.7 Å². The minimum atomic E-state index is -0.976. The van der Waals surface area contributed by atoms with Crippen molar-refractivity contribution in [1.82, 2.24) is 0 Å². The van der Waals surface area contributed by atoms with Crippen LogP contribution in [-0.4, -0.2) is 43.0 Å². The van der Waals surface area contributed by atoms with Crippen LogP contribution in [-0.2, 0) is 0 Å². The lowest BCUT2D eigenvalue weighted by Gasteiger charge is -2.25. The molecule has 1 rings (SSSR count). The number of benzene rings is 1. The van der Waals surface area contributed by atoms with Crippen molar-refractivity contribution in [1.29, 1.82) is 0 Å². The fraction of sp³-hybridized carbons (Fsp3) is 0.417. The van der Waals surface area contributed by atoms with E-state index in [4.69, 9.17) is 33.0 Å². The molecule has 0 unspecified atom stereocenters. The van der Waals surface area contributed by atoms with E-state index in [0.29, 0.717) is 36.3 Å². The molecule has 0 saturated heterocycles. The molecule has 1 aromatic carbocycles. The third-order valence-electron chi connectivity index (χ3n) is 2.48. The lowest BCUT2D eigenvalue weighted by atomic mass is 10.1. The van der Waals surface area contributed by atoms with Crippen molar-refractivity contribution in [2.24, 2.45) is 0 Å². The summed E-state index contributed by atoms with van der Waals surface area (Å²) >= 11 is 11.5. The number of rotatable bonds is 7. The quantitative estimate of drug-likeness (QED) is 0.785.